The molecule has 0 aliphatic heterocycles. The van der Waals surface area contributed by atoms with Crippen LogP contribution in [-0.4, -0.2) is 16.2 Å². The van der Waals surface area contributed by atoms with Crippen molar-refractivity contribution >= 4 is 55.2 Å². The summed E-state index contributed by atoms with van der Waals surface area (Å²) < 4.78 is 4.31. The summed E-state index contributed by atoms with van der Waals surface area (Å²) in [5.74, 6) is 0.257. The topological polar surface area (TPSA) is 34.4 Å². The van der Waals surface area contributed by atoms with Crippen molar-refractivity contribution < 1.29 is 4.79 Å². The number of aryl methyl sites for hydroxylation is 1. The minimum absolute atomic E-state index is 0.0978. The summed E-state index contributed by atoms with van der Waals surface area (Å²) >= 11 is 6.59. The number of fused-ring (bicyclic) bond motifs is 1. The van der Waals surface area contributed by atoms with Crippen molar-refractivity contribution in [2.75, 3.05) is 5.75 Å². The van der Waals surface area contributed by atoms with Crippen LogP contribution in [0.2, 0.25) is 0 Å². The minimum Gasteiger partial charge on any atom is -0.316 e. The number of rotatable bonds is 5. The van der Waals surface area contributed by atoms with Gasteiger partial charge in [0.15, 0.2) is 4.80 Å². The molecule has 1 aromatic heterocycles. The van der Waals surface area contributed by atoms with Crippen molar-refractivity contribution in [3.8, 4) is 0 Å². The lowest BCUT2D eigenvalue weighted by Crippen LogP contribution is -2.17. The van der Waals surface area contributed by atoms with Crippen molar-refractivity contribution in [3.05, 3.63) is 57.8 Å². The summed E-state index contributed by atoms with van der Waals surface area (Å²) in [4.78, 5) is 18.5. The molecule has 3 nitrogen and oxygen atoms in total. The highest BCUT2D eigenvalue weighted by Crippen LogP contribution is 2.22. The SMILES string of the molecule is CCCn1c(=NC(=O)CSc2ccccc2)sc2cc(Br)ccc21. The van der Waals surface area contributed by atoms with E-state index >= 15 is 0 Å². The molecule has 0 N–H and O–H groups in total. The van der Waals surface area contributed by atoms with Gasteiger partial charge in [0, 0.05) is 15.9 Å². The van der Waals surface area contributed by atoms with Crippen molar-refractivity contribution in [2.45, 2.75) is 24.8 Å². The van der Waals surface area contributed by atoms with E-state index in [-0.39, 0.29) is 5.91 Å². The zero-order chi connectivity index (χ0) is 16.9. The molecule has 1 amide bonds. The van der Waals surface area contributed by atoms with E-state index in [0.717, 1.165) is 37.4 Å². The molecule has 0 aliphatic carbocycles. The van der Waals surface area contributed by atoms with Crippen LogP contribution in [0.15, 0.2) is 62.9 Å². The average molecular weight is 421 g/mol. The zero-order valence-electron chi connectivity index (χ0n) is 13.2. The molecule has 0 saturated carbocycles. The van der Waals surface area contributed by atoms with Gasteiger partial charge in [-0.15, -0.1) is 11.8 Å². The largest absolute Gasteiger partial charge is 0.316 e. The number of aromatic nitrogens is 1. The van der Waals surface area contributed by atoms with Gasteiger partial charge >= 0.3 is 0 Å². The Labute approximate surface area is 157 Å². The van der Waals surface area contributed by atoms with E-state index in [0.29, 0.717) is 5.75 Å². The third kappa shape index (κ3) is 4.18. The molecule has 3 aromatic rings. The predicted octanol–water partition coefficient (Wildman–Crippen LogP) is 5.09. The number of thioether (sulfide) groups is 1. The van der Waals surface area contributed by atoms with Crippen LogP contribution in [0.4, 0.5) is 0 Å². The third-order valence-electron chi connectivity index (χ3n) is 3.42. The number of amides is 1. The standard InChI is InChI=1S/C18H17BrN2OS2/c1-2-10-21-15-9-8-13(19)11-16(15)24-18(21)20-17(22)12-23-14-6-4-3-5-7-14/h3-9,11H,2,10,12H2,1H3. The number of thiazole rings is 1. The fourth-order valence-electron chi connectivity index (χ4n) is 2.37. The molecule has 0 aliphatic rings. The number of nitrogens with zero attached hydrogens (tertiary/aromatic N) is 2. The van der Waals surface area contributed by atoms with Crippen LogP contribution in [0.1, 0.15) is 13.3 Å². The summed E-state index contributed by atoms with van der Waals surface area (Å²) in [6.45, 7) is 2.99. The predicted molar refractivity (Wildman–Crippen MR) is 106 cm³/mol. The summed E-state index contributed by atoms with van der Waals surface area (Å²) in [6.07, 6.45) is 1.00. The van der Waals surface area contributed by atoms with E-state index in [2.05, 4.69) is 44.5 Å². The Morgan fingerprint density at radius 1 is 1.25 bits per heavy atom. The summed E-state index contributed by atoms with van der Waals surface area (Å²) in [5.41, 5.74) is 1.13. The van der Waals surface area contributed by atoms with E-state index in [4.69, 9.17) is 0 Å². The molecular formula is C18H17BrN2OS2. The molecule has 0 atom stereocenters. The Kier molecular flexibility index (Phi) is 5.92. The van der Waals surface area contributed by atoms with Gasteiger partial charge in [-0.25, -0.2) is 0 Å². The molecule has 1 heterocycles. The van der Waals surface area contributed by atoms with Crippen LogP contribution in [-0.2, 0) is 11.3 Å². The lowest BCUT2D eigenvalue weighted by atomic mass is 10.3. The highest BCUT2D eigenvalue weighted by atomic mass is 79.9. The Morgan fingerprint density at radius 3 is 2.79 bits per heavy atom. The highest BCUT2D eigenvalue weighted by Gasteiger charge is 2.08. The molecule has 6 heteroatoms. The van der Waals surface area contributed by atoms with Gasteiger partial charge in [-0.05, 0) is 36.8 Å². The van der Waals surface area contributed by atoms with Crippen molar-refractivity contribution in [1.82, 2.24) is 4.57 Å². The first-order chi connectivity index (χ1) is 11.7. The molecule has 124 valence electrons. The van der Waals surface area contributed by atoms with Crippen LogP contribution < -0.4 is 4.80 Å². The smallest absolute Gasteiger partial charge is 0.258 e. The molecule has 24 heavy (non-hydrogen) atoms. The van der Waals surface area contributed by atoms with Crippen LogP contribution in [0.3, 0.4) is 0 Å². The van der Waals surface area contributed by atoms with Crippen molar-refractivity contribution in [3.63, 3.8) is 0 Å². The van der Waals surface area contributed by atoms with Crippen LogP contribution in [0.5, 0.6) is 0 Å². The van der Waals surface area contributed by atoms with E-state index in [1.807, 2.05) is 36.4 Å². The fourth-order valence-corrected chi connectivity index (χ4v) is 4.70. The molecular weight excluding hydrogens is 404 g/mol. The molecule has 0 unspecified atom stereocenters. The van der Waals surface area contributed by atoms with Gasteiger partial charge in [-0.2, -0.15) is 4.99 Å². The summed E-state index contributed by atoms with van der Waals surface area (Å²) in [6, 6.07) is 16.1. The lowest BCUT2D eigenvalue weighted by molar-refractivity contribution is -0.115. The zero-order valence-corrected chi connectivity index (χ0v) is 16.5. The maximum atomic E-state index is 12.3. The van der Waals surface area contributed by atoms with Crippen molar-refractivity contribution in [1.29, 1.82) is 0 Å². The monoisotopic (exact) mass is 420 g/mol. The molecule has 0 fully saturated rings. The minimum atomic E-state index is -0.0978. The molecule has 3 rings (SSSR count). The quantitative estimate of drug-likeness (QED) is 0.538. The normalized spacial score (nSPS) is 12.0. The Morgan fingerprint density at radius 2 is 2.04 bits per heavy atom. The first-order valence-electron chi connectivity index (χ1n) is 7.71. The number of carbonyl (C=O) groups excluding carboxylic acids is 1. The lowest BCUT2D eigenvalue weighted by Gasteiger charge is -2.02. The van der Waals surface area contributed by atoms with Gasteiger partial charge in [0.2, 0.25) is 0 Å². The van der Waals surface area contributed by atoms with E-state index < -0.39 is 0 Å². The van der Waals surface area contributed by atoms with Gasteiger partial charge in [-0.3, -0.25) is 4.79 Å². The first kappa shape index (κ1) is 17.5. The number of hydrogen-bond acceptors (Lipinski definition) is 3. The molecule has 2 aromatic carbocycles. The summed E-state index contributed by atoms with van der Waals surface area (Å²) in [5, 5.41) is 0. The Balaban J connectivity index is 1.88. The van der Waals surface area contributed by atoms with Crippen molar-refractivity contribution in [2.24, 2.45) is 4.99 Å². The Bertz CT molecular complexity index is 916. The Hall–Kier alpha value is -1.37. The molecule has 0 radical (unpaired) electrons. The van der Waals surface area contributed by atoms with Gasteiger partial charge in [0.1, 0.15) is 0 Å². The number of halogens is 1. The van der Waals surface area contributed by atoms with Gasteiger partial charge in [0.25, 0.3) is 5.91 Å². The van der Waals surface area contributed by atoms with Gasteiger partial charge in [0.05, 0.1) is 16.0 Å². The first-order valence-corrected chi connectivity index (χ1v) is 10.3. The van der Waals surface area contributed by atoms with Crippen LogP contribution in [0, 0.1) is 0 Å². The molecule has 0 bridgehead atoms. The second-order valence-electron chi connectivity index (χ2n) is 5.26. The second kappa shape index (κ2) is 8.14. The third-order valence-corrected chi connectivity index (χ3v) is 5.95. The van der Waals surface area contributed by atoms with E-state index in [1.54, 1.807) is 11.3 Å². The average Bonchev–Trinajstić information content (AvgIpc) is 2.91. The van der Waals surface area contributed by atoms with Crippen LogP contribution in [0.25, 0.3) is 10.2 Å². The van der Waals surface area contributed by atoms with E-state index in [9.17, 15) is 4.79 Å². The maximum absolute atomic E-state index is 12.3. The number of carbonyl (C=O) groups is 1. The second-order valence-corrected chi connectivity index (χ2v) is 8.23. The van der Waals surface area contributed by atoms with Gasteiger partial charge in [-0.1, -0.05) is 52.4 Å². The number of hydrogen-bond donors (Lipinski definition) is 0. The molecule has 0 spiro atoms. The van der Waals surface area contributed by atoms with E-state index in [1.165, 1.54) is 11.8 Å². The van der Waals surface area contributed by atoms with Gasteiger partial charge < -0.3 is 4.57 Å². The number of benzene rings is 2. The summed E-state index contributed by atoms with van der Waals surface area (Å²) in [7, 11) is 0. The maximum Gasteiger partial charge on any atom is 0.258 e. The molecule has 0 saturated heterocycles. The highest BCUT2D eigenvalue weighted by molar-refractivity contribution is 9.10. The fraction of sp³-hybridized carbons (Fsp3) is 0.222. The van der Waals surface area contributed by atoms with Crippen LogP contribution >= 0.6 is 39.0 Å².